The molecular formula is C14H14. The summed E-state index contributed by atoms with van der Waals surface area (Å²) in [5.74, 6) is 12.1. The van der Waals surface area contributed by atoms with E-state index in [9.17, 15) is 0 Å². The third kappa shape index (κ3) is 3.38. The Morgan fingerprint density at radius 2 is 1.57 bits per heavy atom. The van der Waals surface area contributed by atoms with Crippen molar-refractivity contribution >= 4 is 0 Å². The molecule has 0 saturated carbocycles. The van der Waals surface area contributed by atoms with Gasteiger partial charge in [-0.2, -0.15) is 0 Å². The Hall–Kier alpha value is -1.66. The smallest absolute Gasteiger partial charge is 0.0246 e. The predicted octanol–water partition coefficient (Wildman–Crippen LogP) is 3.21. The average molecular weight is 182 g/mol. The molecule has 0 nitrogen and oxygen atoms in total. The van der Waals surface area contributed by atoms with Crippen molar-refractivity contribution in [3.8, 4) is 23.7 Å². The number of benzene rings is 1. The molecule has 70 valence electrons. The van der Waals surface area contributed by atoms with Gasteiger partial charge in [-0.1, -0.05) is 24.7 Å². The minimum atomic E-state index is 0.969. The Balaban J connectivity index is 2.73. The van der Waals surface area contributed by atoms with Crippen LogP contribution < -0.4 is 0 Å². The molecule has 0 heterocycles. The highest BCUT2D eigenvalue weighted by Crippen LogP contribution is 2.01. The summed E-state index contributed by atoms with van der Waals surface area (Å²) in [4.78, 5) is 0. The van der Waals surface area contributed by atoms with E-state index in [2.05, 4.69) is 30.6 Å². The zero-order valence-electron chi connectivity index (χ0n) is 8.72. The standard InChI is InChI=1S/C14H14/c1-3-5-6-8-14-11-9-13(7-4-2)10-12-14/h9-12H,3,5H2,1-2H3. The van der Waals surface area contributed by atoms with Gasteiger partial charge in [-0.05, 0) is 37.6 Å². The number of hydrogen-bond donors (Lipinski definition) is 0. The normalized spacial score (nSPS) is 8.14. The van der Waals surface area contributed by atoms with Crippen molar-refractivity contribution in [1.82, 2.24) is 0 Å². The first-order chi connectivity index (χ1) is 6.86. The van der Waals surface area contributed by atoms with Gasteiger partial charge < -0.3 is 0 Å². The number of rotatable bonds is 1. The fraction of sp³-hybridized carbons (Fsp3) is 0.286. The van der Waals surface area contributed by atoms with E-state index in [-0.39, 0.29) is 0 Å². The highest BCUT2D eigenvalue weighted by Gasteiger charge is 1.87. The molecule has 0 aromatic heterocycles. The highest BCUT2D eigenvalue weighted by atomic mass is 13.9. The largest absolute Gasteiger partial charge is 0.101 e. The lowest BCUT2D eigenvalue weighted by Crippen LogP contribution is -1.76. The minimum Gasteiger partial charge on any atom is -0.101 e. The molecule has 1 rings (SSSR count). The Bertz CT molecular complexity index is 388. The molecule has 0 spiro atoms. The lowest BCUT2D eigenvalue weighted by molar-refractivity contribution is 0.983. The van der Waals surface area contributed by atoms with Crippen molar-refractivity contribution in [1.29, 1.82) is 0 Å². The van der Waals surface area contributed by atoms with Crippen molar-refractivity contribution in [2.75, 3.05) is 0 Å². The van der Waals surface area contributed by atoms with Crippen LogP contribution in [0.25, 0.3) is 0 Å². The van der Waals surface area contributed by atoms with Crippen LogP contribution in [0.2, 0.25) is 0 Å². The molecule has 0 aliphatic heterocycles. The quantitative estimate of drug-likeness (QED) is 0.585. The number of hydrogen-bond acceptors (Lipinski definition) is 0. The van der Waals surface area contributed by atoms with Crippen molar-refractivity contribution < 1.29 is 0 Å². The molecule has 0 saturated heterocycles. The van der Waals surface area contributed by atoms with Gasteiger partial charge in [0.2, 0.25) is 0 Å². The maximum absolute atomic E-state index is 3.12. The predicted molar refractivity (Wildman–Crippen MR) is 60.8 cm³/mol. The van der Waals surface area contributed by atoms with E-state index in [1.807, 2.05) is 31.2 Å². The molecule has 0 aliphatic rings. The number of unbranched alkanes of at least 4 members (excludes halogenated alkanes) is 1. The summed E-state index contributed by atoms with van der Waals surface area (Å²) in [6.07, 6.45) is 2.09. The summed E-state index contributed by atoms with van der Waals surface area (Å²) in [7, 11) is 0. The van der Waals surface area contributed by atoms with E-state index in [0.29, 0.717) is 0 Å². The molecule has 0 radical (unpaired) electrons. The van der Waals surface area contributed by atoms with Gasteiger partial charge in [0.05, 0.1) is 0 Å². The van der Waals surface area contributed by atoms with E-state index in [0.717, 1.165) is 24.0 Å². The van der Waals surface area contributed by atoms with Crippen LogP contribution in [0.1, 0.15) is 37.8 Å². The lowest BCUT2D eigenvalue weighted by Gasteiger charge is -1.90. The van der Waals surface area contributed by atoms with E-state index < -0.39 is 0 Å². The fourth-order valence-corrected chi connectivity index (χ4v) is 1.07. The molecule has 0 unspecified atom stereocenters. The van der Waals surface area contributed by atoms with Crippen molar-refractivity contribution in [3.63, 3.8) is 0 Å². The van der Waals surface area contributed by atoms with Gasteiger partial charge in [0.25, 0.3) is 0 Å². The lowest BCUT2D eigenvalue weighted by atomic mass is 10.1. The minimum absolute atomic E-state index is 0.969. The summed E-state index contributed by atoms with van der Waals surface area (Å²) in [5, 5.41) is 0. The van der Waals surface area contributed by atoms with Gasteiger partial charge in [-0.15, -0.1) is 5.92 Å². The summed E-state index contributed by atoms with van der Waals surface area (Å²) < 4.78 is 0. The topological polar surface area (TPSA) is 0 Å². The van der Waals surface area contributed by atoms with Gasteiger partial charge in [0.1, 0.15) is 0 Å². The molecular weight excluding hydrogens is 168 g/mol. The maximum atomic E-state index is 3.12. The zero-order valence-corrected chi connectivity index (χ0v) is 8.72. The third-order valence-corrected chi connectivity index (χ3v) is 1.76. The van der Waals surface area contributed by atoms with Gasteiger partial charge in [0, 0.05) is 17.5 Å². The van der Waals surface area contributed by atoms with Crippen LogP contribution >= 0.6 is 0 Å². The summed E-state index contributed by atoms with van der Waals surface area (Å²) in [5.41, 5.74) is 2.12. The first-order valence-corrected chi connectivity index (χ1v) is 4.88. The molecule has 0 amide bonds. The Labute approximate surface area is 86.3 Å². The molecule has 0 fully saturated rings. The van der Waals surface area contributed by atoms with E-state index >= 15 is 0 Å². The molecule has 0 bridgehead atoms. The van der Waals surface area contributed by atoms with Crippen LogP contribution in [-0.4, -0.2) is 0 Å². The third-order valence-electron chi connectivity index (χ3n) is 1.76. The first-order valence-electron chi connectivity index (χ1n) is 4.88. The van der Waals surface area contributed by atoms with Gasteiger partial charge in [-0.3, -0.25) is 0 Å². The van der Waals surface area contributed by atoms with Crippen LogP contribution in [0.15, 0.2) is 24.3 Å². The Morgan fingerprint density at radius 3 is 2.07 bits per heavy atom. The fourth-order valence-electron chi connectivity index (χ4n) is 1.07. The zero-order chi connectivity index (χ0) is 10.2. The van der Waals surface area contributed by atoms with Crippen LogP contribution in [-0.2, 0) is 0 Å². The molecule has 14 heavy (non-hydrogen) atoms. The molecule has 0 atom stereocenters. The highest BCUT2D eigenvalue weighted by molar-refractivity contribution is 5.41. The van der Waals surface area contributed by atoms with Crippen LogP contribution in [0.3, 0.4) is 0 Å². The second-order valence-electron chi connectivity index (χ2n) is 3.00. The molecule has 1 aromatic rings. The van der Waals surface area contributed by atoms with Gasteiger partial charge in [-0.25, -0.2) is 0 Å². The van der Waals surface area contributed by atoms with Crippen molar-refractivity contribution in [2.45, 2.75) is 26.7 Å². The van der Waals surface area contributed by atoms with Crippen LogP contribution in [0.4, 0.5) is 0 Å². The van der Waals surface area contributed by atoms with Gasteiger partial charge in [0.15, 0.2) is 0 Å². The second kappa shape index (κ2) is 5.90. The summed E-state index contributed by atoms with van der Waals surface area (Å²) in [6, 6.07) is 8.05. The van der Waals surface area contributed by atoms with Crippen molar-refractivity contribution in [3.05, 3.63) is 35.4 Å². The summed E-state index contributed by atoms with van der Waals surface area (Å²) >= 11 is 0. The van der Waals surface area contributed by atoms with Crippen molar-refractivity contribution in [2.24, 2.45) is 0 Å². The molecule has 0 heteroatoms. The average Bonchev–Trinajstić information content (AvgIpc) is 2.21. The first kappa shape index (κ1) is 10.4. The molecule has 0 aliphatic carbocycles. The Morgan fingerprint density at radius 1 is 1.00 bits per heavy atom. The monoisotopic (exact) mass is 182 g/mol. The SMILES string of the molecule is CC#Cc1ccc(C#CCCC)cc1. The Kier molecular flexibility index (Phi) is 4.39. The van der Waals surface area contributed by atoms with Crippen LogP contribution in [0.5, 0.6) is 0 Å². The van der Waals surface area contributed by atoms with Gasteiger partial charge >= 0.3 is 0 Å². The molecule has 1 aromatic carbocycles. The van der Waals surface area contributed by atoms with E-state index in [1.165, 1.54) is 0 Å². The summed E-state index contributed by atoms with van der Waals surface area (Å²) in [6.45, 7) is 3.98. The van der Waals surface area contributed by atoms with E-state index in [4.69, 9.17) is 0 Å². The van der Waals surface area contributed by atoms with E-state index in [1.54, 1.807) is 0 Å². The second-order valence-corrected chi connectivity index (χ2v) is 3.00. The van der Waals surface area contributed by atoms with Crippen LogP contribution in [0, 0.1) is 23.7 Å². The maximum Gasteiger partial charge on any atom is 0.0246 e. The molecule has 0 N–H and O–H groups in total.